The number of halogens is 2. The summed E-state index contributed by atoms with van der Waals surface area (Å²) in [4.78, 5) is 13.3. The van der Waals surface area contributed by atoms with Gasteiger partial charge in [0.25, 0.3) is 5.92 Å². The minimum Gasteiger partial charge on any atom is -0.444 e. The molecule has 1 atom stereocenters. The Morgan fingerprint density at radius 1 is 1.39 bits per heavy atom. The molecule has 1 rings (SSSR count). The molecule has 6 heteroatoms. The van der Waals surface area contributed by atoms with E-state index in [-0.39, 0.29) is 18.7 Å². The van der Waals surface area contributed by atoms with Crippen LogP contribution >= 0.6 is 0 Å². The van der Waals surface area contributed by atoms with Crippen LogP contribution in [0, 0.1) is 0 Å². The number of carbonyl (C=O) groups excluding carboxylic acids is 1. The van der Waals surface area contributed by atoms with Gasteiger partial charge in [0.1, 0.15) is 5.60 Å². The van der Waals surface area contributed by atoms with E-state index < -0.39 is 11.5 Å². The molecule has 1 saturated heterocycles. The predicted octanol–water partition coefficient (Wildman–Crippen LogP) is 2.24. The topological polar surface area (TPSA) is 41.6 Å². The van der Waals surface area contributed by atoms with Crippen molar-refractivity contribution in [2.24, 2.45) is 0 Å². The first-order valence-electron chi connectivity index (χ1n) is 6.16. The summed E-state index contributed by atoms with van der Waals surface area (Å²) in [6.45, 7) is 6.88. The summed E-state index contributed by atoms with van der Waals surface area (Å²) in [5.74, 6) is -2.72. The molecule has 0 aromatic rings. The molecule has 1 N–H and O–H groups in total. The zero-order chi connectivity index (χ0) is 14.0. The second kappa shape index (κ2) is 5.38. The number of amides is 1. The Hall–Kier alpha value is -0.910. The molecule has 0 saturated carbocycles. The van der Waals surface area contributed by atoms with E-state index in [1.54, 1.807) is 25.7 Å². The van der Waals surface area contributed by atoms with Crippen LogP contribution in [0.1, 0.15) is 34.1 Å². The fourth-order valence-electron chi connectivity index (χ4n) is 1.74. The van der Waals surface area contributed by atoms with Gasteiger partial charge in [-0.1, -0.05) is 0 Å². The Morgan fingerprint density at radius 3 is 2.50 bits per heavy atom. The van der Waals surface area contributed by atoms with Crippen molar-refractivity contribution in [2.75, 3.05) is 19.6 Å². The van der Waals surface area contributed by atoms with E-state index in [0.29, 0.717) is 19.5 Å². The Morgan fingerprint density at radius 2 is 2.00 bits per heavy atom. The Labute approximate surface area is 107 Å². The van der Waals surface area contributed by atoms with Crippen LogP contribution in [-0.4, -0.2) is 48.2 Å². The van der Waals surface area contributed by atoms with Crippen molar-refractivity contribution >= 4 is 6.09 Å². The number of ether oxygens (including phenoxy) is 1. The number of hydrogen-bond acceptors (Lipinski definition) is 3. The number of nitrogens with one attached hydrogen (secondary N) is 1. The molecule has 0 aromatic heterocycles. The molecule has 0 aliphatic carbocycles. The second-order valence-corrected chi connectivity index (χ2v) is 5.86. The smallest absolute Gasteiger partial charge is 0.410 e. The zero-order valence-electron chi connectivity index (χ0n) is 11.4. The average Bonchev–Trinajstić information content (AvgIpc) is 2.58. The van der Waals surface area contributed by atoms with Gasteiger partial charge >= 0.3 is 6.09 Å². The van der Waals surface area contributed by atoms with Gasteiger partial charge < -0.3 is 15.0 Å². The first-order chi connectivity index (χ1) is 8.07. The van der Waals surface area contributed by atoms with Gasteiger partial charge in [0.15, 0.2) is 0 Å². The molecule has 4 nitrogen and oxygen atoms in total. The van der Waals surface area contributed by atoms with Gasteiger partial charge in [-0.15, -0.1) is 0 Å². The van der Waals surface area contributed by atoms with E-state index in [4.69, 9.17) is 4.74 Å². The number of likely N-dealkylation sites (tertiary alicyclic amines) is 1. The van der Waals surface area contributed by atoms with Crippen LogP contribution in [0.5, 0.6) is 0 Å². The number of rotatable bonds is 3. The molecule has 0 radical (unpaired) electrons. The largest absolute Gasteiger partial charge is 0.444 e. The van der Waals surface area contributed by atoms with Crippen molar-refractivity contribution in [2.45, 2.75) is 51.7 Å². The highest BCUT2D eigenvalue weighted by Crippen LogP contribution is 2.16. The quantitative estimate of drug-likeness (QED) is 0.850. The van der Waals surface area contributed by atoms with Gasteiger partial charge in [-0.05, 0) is 27.2 Å². The lowest BCUT2D eigenvalue weighted by Gasteiger charge is -2.24. The maximum Gasteiger partial charge on any atom is 0.410 e. The molecule has 1 aliphatic rings. The molecule has 1 amide bonds. The monoisotopic (exact) mass is 264 g/mol. The predicted molar refractivity (Wildman–Crippen MR) is 64.8 cm³/mol. The molecule has 18 heavy (non-hydrogen) atoms. The molecule has 0 unspecified atom stereocenters. The van der Waals surface area contributed by atoms with Crippen molar-refractivity contribution in [3.8, 4) is 0 Å². The minimum absolute atomic E-state index is 0.0802. The van der Waals surface area contributed by atoms with Crippen LogP contribution < -0.4 is 5.32 Å². The third-order valence-electron chi connectivity index (χ3n) is 2.54. The molecule has 0 bridgehead atoms. The van der Waals surface area contributed by atoms with Crippen LogP contribution in [-0.2, 0) is 4.74 Å². The molecule has 1 fully saturated rings. The average molecular weight is 264 g/mol. The number of hydrogen-bond donors (Lipinski definition) is 1. The fraction of sp³-hybridized carbons (Fsp3) is 0.917. The highest BCUT2D eigenvalue weighted by atomic mass is 19.3. The Bertz CT molecular complexity index is 297. The van der Waals surface area contributed by atoms with Crippen molar-refractivity contribution in [3.05, 3.63) is 0 Å². The summed E-state index contributed by atoms with van der Waals surface area (Å²) in [6.07, 6.45) is 0.296. The zero-order valence-corrected chi connectivity index (χ0v) is 11.4. The molecular weight excluding hydrogens is 242 g/mol. The second-order valence-electron chi connectivity index (χ2n) is 5.86. The molecule has 0 spiro atoms. The Kier molecular flexibility index (Phi) is 4.53. The molecule has 106 valence electrons. The standard InChI is InChI=1S/C12H22F2N2O2/c1-11(2,3)18-10(17)16-6-5-9(7-16)15-8-12(4,13)14/h9,15H,5-8H2,1-4H3/t9-/m0/s1. The lowest BCUT2D eigenvalue weighted by molar-refractivity contribution is 0.0193. The third-order valence-corrected chi connectivity index (χ3v) is 2.54. The maximum absolute atomic E-state index is 12.7. The lowest BCUT2D eigenvalue weighted by atomic mass is 10.2. The summed E-state index contributed by atoms with van der Waals surface area (Å²) in [5, 5.41) is 2.77. The summed E-state index contributed by atoms with van der Waals surface area (Å²) >= 11 is 0. The van der Waals surface area contributed by atoms with E-state index >= 15 is 0 Å². The number of nitrogens with zero attached hydrogens (tertiary/aromatic N) is 1. The third kappa shape index (κ3) is 5.62. The van der Waals surface area contributed by atoms with Crippen LogP contribution in [0.3, 0.4) is 0 Å². The number of carbonyl (C=O) groups is 1. The van der Waals surface area contributed by atoms with Gasteiger partial charge in [-0.25, -0.2) is 13.6 Å². The number of alkyl halides is 2. The Balaban J connectivity index is 2.35. The summed E-state index contributed by atoms with van der Waals surface area (Å²) in [7, 11) is 0. The van der Waals surface area contributed by atoms with Crippen molar-refractivity contribution in [1.29, 1.82) is 0 Å². The first-order valence-corrected chi connectivity index (χ1v) is 6.16. The molecular formula is C12H22F2N2O2. The lowest BCUT2D eigenvalue weighted by Crippen LogP contribution is -2.41. The van der Waals surface area contributed by atoms with E-state index in [0.717, 1.165) is 6.92 Å². The van der Waals surface area contributed by atoms with E-state index in [9.17, 15) is 13.6 Å². The molecule has 1 aliphatic heterocycles. The van der Waals surface area contributed by atoms with Gasteiger partial charge in [-0.2, -0.15) is 0 Å². The normalized spacial score (nSPS) is 21.2. The maximum atomic E-state index is 12.7. The van der Waals surface area contributed by atoms with Crippen LogP contribution in [0.4, 0.5) is 13.6 Å². The van der Waals surface area contributed by atoms with Crippen LogP contribution in [0.15, 0.2) is 0 Å². The van der Waals surface area contributed by atoms with Crippen LogP contribution in [0.2, 0.25) is 0 Å². The highest BCUT2D eigenvalue weighted by Gasteiger charge is 2.31. The fourth-order valence-corrected chi connectivity index (χ4v) is 1.74. The van der Waals surface area contributed by atoms with Crippen LogP contribution in [0.25, 0.3) is 0 Å². The molecule has 0 aromatic carbocycles. The minimum atomic E-state index is -2.72. The highest BCUT2D eigenvalue weighted by molar-refractivity contribution is 5.68. The van der Waals surface area contributed by atoms with Gasteiger partial charge in [-0.3, -0.25) is 0 Å². The first kappa shape index (κ1) is 15.1. The van der Waals surface area contributed by atoms with Crippen molar-refractivity contribution in [1.82, 2.24) is 10.2 Å². The van der Waals surface area contributed by atoms with E-state index in [1.807, 2.05) is 0 Å². The van der Waals surface area contributed by atoms with Crippen molar-refractivity contribution < 1.29 is 18.3 Å². The summed E-state index contributed by atoms with van der Waals surface area (Å²) < 4.78 is 30.6. The summed E-state index contributed by atoms with van der Waals surface area (Å²) in [5.41, 5.74) is -0.529. The van der Waals surface area contributed by atoms with Gasteiger partial charge in [0, 0.05) is 26.1 Å². The van der Waals surface area contributed by atoms with Gasteiger partial charge in [0.2, 0.25) is 0 Å². The van der Waals surface area contributed by atoms with Crippen molar-refractivity contribution in [3.63, 3.8) is 0 Å². The molecule has 1 heterocycles. The van der Waals surface area contributed by atoms with E-state index in [1.165, 1.54) is 0 Å². The van der Waals surface area contributed by atoms with Gasteiger partial charge in [0.05, 0.1) is 6.54 Å². The SMILES string of the molecule is CC(F)(F)CN[C@H]1CCN(C(=O)OC(C)(C)C)C1. The summed E-state index contributed by atoms with van der Waals surface area (Å²) in [6, 6.07) is -0.0802. The van der Waals surface area contributed by atoms with E-state index in [2.05, 4.69) is 5.32 Å².